The number of hydrogen-bond donors (Lipinski definition) is 5. The van der Waals surface area contributed by atoms with Crippen LogP contribution in [-0.4, -0.2) is 117 Å². The number of piperazine rings is 1. The molecule has 15 nitrogen and oxygen atoms in total. The molecule has 4 heterocycles. The predicted octanol–water partition coefficient (Wildman–Crippen LogP) is 4.43. The van der Waals surface area contributed by atoms with Crippen LogP contribution in [0.3, 0.4) is 0 Å². The second-order valence-electron chi connectivity index (χ2n) is 17.3. The summed E-state index contributed by atoms with van der Waals surface area (Å²) in [4.78, 5) is 54.4. The van der Waals surface area contributed by atoms with Gasteiger partial charge in [-0.1, -0.05) is 69.3 Å². The quantitative estimate of drug-likeness (QED) is 0.112. The number of carbonyl (C=O) groups excluding carboxylic acids is 3. The van der Waals surface area contributed by atoms with Crippen LogP contribution in [0, 0.1) is 12.3 Å². The fraction of sp³-hybridized carbons (Fsp3) is 0.391. The number of aromatic hydroxyl groups is 1. The number of aliphatic hydroxyl groups excluding tert-OH is 1. The molecule has 3 atom stereocenters. The molecule has 5 aromatic rings. The van der Waals surface area contributed by atoms with Gasteiger partial charge in [-0.2, -0.15) is 0 Å². The van der Waals surface area contributed by atoms with Crippen molar-refractivity contribution in [1.29, 1.82) is 0 Å². The molecule has 326 valence electrons. The largest absolute Gasteiger partial charge is 0.507 e. The molecule has 0 saturated carbocycles. The van der Waals surface area contributed by atoms with Crippen molar-refractivity contribution in [2.24, 2.45) is 5.41 Å². The lowest BCUT2D eigenvalue weighted by molar-refractivity contribution is -0.144. The first kappa shape index (κ1) is 44.0. The van der Waals surface area contributed by atoms with E-state index in [4.69, 9.17) is 5.73 Å². The molecule has 62 heavy (non-hydrogen) atoms. The molecular formula is C46H56N10O5S. The summed E-state index contributed by atoms with van der Waals surface area (Å²) in [5, 5.41) is 35.3. The Balaban J connectivity index is 0.898. The van der Waals surface area contributed by atoms with E-state index in [0.717, 1.165) is 64.8 Å². The summed E-state index contributed by atoms with van der Waals surface area (Å²) in [5.41, 5.74) is 14.4. The molecular weight excluding hydrogens is 805 g/mol. The maximum absolute atomic E-state index is 14.1. The van der Waals surface area contributed by atoms with Crippen molar-refractivity contribution in [3.8, 4) is 27.4 Å². The molecule has 2 aromatic heterocycles. The van der Waals surface area contributed by atoms with Crippen molar-refractivity contribution < 1.29 is 24.6 Å². The lowest BCUT2D eigenvalue weighted by Crippen LogP contribution is -2.58. The first-order valence-electron chi connectivity index (χ1n) is 20.9. The van der Waals surface area contributed by atoms with Gasteiger partial charge >= 0.3 is 0 Å². The number of rotatable bonds is 13. The number of anilines is 3. The maximum Gasteiger partial charge on any atom is 0.246 e. The molecule has 16 heteroatoms. The van der Waals surface area contributed by atoms with Crippen molar-refractivity contribution in [2.75, 3.05) is 61.8 Å². The van der Waals surface area contributed by atoms with E-state index in [2.05, 4.69) is 59.9 Å². The van der Waals surface area contributed by atoms with Gasteiger partial charge in [0.1, 0.15) is 17.8 Å². The van der Waals surface area contributed by atoms with Crippen LogP contribution in [0.5, 0.6) is 5.75 Å². The number of phenolic OH excluding ortho intramolecular Hbond substituents is 1. The van der Waals surface area contributed by atoms with E-state index in [9.17, 15) is 24.6 Å². The third kappa shape index (κ3) is 10.3. The third-order valence-corrected chi connectivity index (χ3v) is 12.5. The first-order valence-corrected chi connectivity index (χ1v) is 21.8. The predicted molar refractivity (Wildman–Crippen MR) is 242 cm³/mol. The van der Waals surface area contributed by atoms with Crippen LogP contribution < -0.4 is 26.2 Å². The number of para-hydroxylation sites is 1. The molecule has 0 radical (unpaired) electrons. The van der Waals surface area contributed by atoms with E-state index in [1.54, 1.807) is 29.5 Å². The van der Waals surface area contributed by atoms with Gasteiger partial charge in [0.2, 0.25) is 17.7 Å². The summed E-state index contributed by atoms with van der Waals surface area (Å²) in [5.74, 6) is -0.583. The summed E-state index contributed by atoms with van der Waals surface area (Å²) in [6.07, 6.45) is -0.741. The number of likely N-dealkylation sites (N-methyl/N-ethyl adjacent to an activating group) is 1. The van der Waals surface area contributed by atoms with E-state index in [1.165, 1.54) is 4.90 Å². The minimum atomic E-state index is -0.919. The first-order chi connectivity index (χ1) is 29.6. The van der Waals surface area contributed by atoms with Crippen molar-refractivity contribution >= 4 is 46.3 Å². The SMILES string of the molecule is Cc1ncsc1-c1ccc(CNC(=O)[C@@H]2C[C@@H](O)CN2C(=O)C(NC(=O)CN(C)Cc2ccc(N3CCN(c4cc(-c5ccccc5O)nnc4N)CC3)cc2)C(C)(C)C)cc1. The summed E-state index contributed by atoms with van der Waals surface area (Å²) in [6, 6.07) is 23.3. The zero-order valence-electron chi connectivity index (χ0n) is 35.9. The Hall–Kier alpha value is -6.10. The van der Waals surface area contributed by atoms with Gasteiger partial charge in [-0.3, -0.25) is 19.3 Å². The summed E-state index contributed by atoms with van der Waals surface area (Å²) >= 11 is 1.58. The van der Waals surface area contributed by atoms with E-state index < -0.39 is 29.5 Å². The highest BCUT2D eigenvalue weighted by Gasteiger charge is 2.44. The molecule has 0 spiro atoms. The van der Waals surface area contributed by atoms with Gasteiger partial charge in [0.25, 0.3) is 0 Å². The summed E-state index contributed by atoms with van der Waals surface area (Å²) < 4.78 is 0. The molecule has 6 N–H and O–H groups in total. The molecule has 1 unspecified atom stereocenters. The average Bonchev–Trinajstić information content (AvgIpc) is 3.87. The number of hydrogen-bond acceptors (Lipinski definition) is 13. The number of thiazole rings is 1. The van der Waals surface area contributed by atoms with Crippen molar-refractivity contribution in [3.05, 3.63) is 101 Å². The molecule has 2 saturated heterocycles. The van der Waals surface area contributed by atoms with Crippen LogP contribution in [0.1, 0.15) is 44.0 Å². The zero-order valence-corrected chi connectivity index (χ0v) is 36.7. The van der Waals surface area contributed by atoms with Gasteiger partial charge in [0, 0.05) is 63.5 Å². The van der Waals surface area contributed by atoms with E-state index >= 15 is 0 Å². The maximum atomic E-state index is 14.1. The second-order valence-corrected chi connectivity index (χ2v) is 18.1. The molecule has 0 bridgehead atoms. The molecule has 2 aliphatic heterocycles. The molecule has 3 amide bonds. The van der Waals surface area contributed by atoms with Crippen molar-refractivity contribution in [3.63, 3.8) is 0 Å². The number of amides is 3. The Morgan fingerprint density at radius 3 is 2.29 bits per heavy atom. The number of aromatic nitrogens is 3. The minimum Gasteiger partial charge on any atom is -0.507 e. The number of aliphatic hydroxyl groups is 1. The summed E-state index contributed by atoms with van der Waals surface area (Å²) in [7, 11) is 1.86. The highest BCUT2D eigenvalue weighted by molar-refractivity contribution is 7.13. The van der Waals surface area contributed by atoms with Crippen LogP contribution >= 0.6 is 11.3 Å². The lowest BCUT2D eigenvalue weighted by atomic mass is 9.85. The van der Waals surface area contributed by atoms with Gasteiger partial charge in [0.15, 0.2) is 5.82 Å². The van der Waals surface area contributed by atoms with Crippen LogP contribution in [0.15, 0.2) is 84.4 Å². The van der Waals surface area contributed by atoms with Gasteiger partial charge in [-0.15, -0.1) is 21.5 Å². The summed E-state index contributed by atoms with van der Waals surface area (Å²) in [6.45, 7) is 11.4. The van der Waals surface area contributed by atoms with Crippen LogP contribution in [0.25, 0.3) is 21.7 Å². The number of nitrogens with one attached hydrogen (secondary N) is 2. The second kappa shape index (κ2) is 18.9. The monoisotopic (exact) mass is 860 g/mol. The number of β-amino-alcohol motifs (C(OH)–C–C–N with tert-alkyl or cyclic N) is 1. The molecule has 7 rings (SSSR count). The number of nitrogens with two attached hydrogens (primary N) is 1. The Morgan fingerprint density at radius 1 is 0.952 bits per heavy atom. The highest BCUT2D eigenvalue weighted by Crippen LogP contribution is 2.33. The van der Waals surface area contributed by atoms with Crippen LogP contribution in [-0.2, 0) is 27.5 Å². The van der Waals surface area contributed by atoms with Crippen molar-refractivity contribution in [1.82, 2.24) is 35.6 Å². The van der Waals surface area contributed by atoms with Gasteiger partial charge < -0.3 is 41.3 Å². The zero-order chi connectivity index (χ0) is 44.1. The molecule has 2 fully saturated rings. The lowest BCUT2D eigenvalue weighted by Gasteiger charge is -2.37. The van der Waals surface area contributed by atoms with Crippen LogP contribution in [0.2, 0.25) is 0 Å². The molecule has 0 aliphatic carbocycles. The van der Waals surface area contributed by atoms with Crippen molar-refractivity contribution in [2.45, 2.75) is 65.4 Å². The standard InChI is InChI=1S/C46H56N10O5S/c1-29-41(62-28-49-29)32-14-10-30(11-15-32)24-48-44(60)38-22-34(57)26-56(38)45(61)42(46(2,3)4)50-40(59)27-53(5)25-31-12-16-33(17-13-31)54-18-20-55(21-19-54)37-23-36(51-52-43(37)47)35-8-6-7-9-39(35)58/h6-17,23,28,34,38,42,57-58H,18-22,24-27H2,1-5H3,(H2,47,52)(H,48,60)(H,50,59)/t34-,38+,42?/m1/s1. The minimum absolute atomic E-state index is 0.00637. The number of likely N-dealkylation sites (tertiary alicyclic amines) is 1. The van der Waals surface area contributed by atoms with E-state index in [1.807, 2.05) is 81.6 Å². The number of benzene rings is 3. The smallest absolute Gasteiger partial charge is 0.246 e. The van der Waals surface area contributed by atoms with Gasteiger partial charge in [-0.25, -0.2) is 4.98 Å². The number of nitrogen functional groups attached to an aromatic ring is 1. The topological polar surface area (TPSA) is 193 Å². The third-order valence-electron chi connectivity index (χ3n) is 11.5. The fourth-order valence-corrected chi connectivity index (χ4v) is 8.90. The van der Waals surface area contributed by atoms with Crippen LogP contribution in [0.4, 0.5) is 17.2 Å². The average molecular weight is 861 g/mol. The Labute approximate surface area is 366 Å². The number of aryl methyl sites for hydroxylation is 1. The normalized spacial score (nSPS) is 17.3. The van der Waals surface area contributed by atoms with Gasteiger partial charge in [-0.05, 0) is 66.4 Å². The Kier molecular flexibility index (Phi) is 13.4. The van der Waals surface area contributed by atoms with Gasteiger partial charge in [0.05, 0.1) is 40.1 Å². The van der Waals surface area contributed by atoms with E-state index in [-0.39, 0.29) is 43.6 Å². The fourth-order valence-electron chi connectivity index (χ4n) is 8.08. The molecule has 2 aliphatic rings. The molecule has 3 aromatic carbocycles. The Bertz CT molecular complexity index is 2360. The number of phenols is 1. The number of nitrogens with zero attached hydrogens (tertiary/aromatic N) is 7. The highest BCUT2D eigenvalue weighted by atomic mass is 32.1. The van der Waals surface area contributed by atoms with E-state index in [0.29, 0.717) is 23.6 Å². The Morgan fingerprint density at radius 2 is 1.63 bits per heavy atom. The number of carbonyl (C=O) groups is 3.